The number of halogens is 1. The van der Waals surface area contributed by atoms with Gasteiger partial charge in [-0.25, -0.2) is 13.4 Å². The Morgan fingerprint density at radius 2 is 2.00 bits per heavy atom. The lowest BCUT2D eigenvalue weighted by molar-refractivity contribution is 0.579. The topological polar surface area (TPSA) is 59.9 Å². The zero-order valence-electron chi connectivity index (χ0n) is 9.47. The van der Waals surface area contributed by atoms with Crippen LogP contribution in [-0.2, 0) is 9.84 Å². The van der Waals surface area contributed by atoms with Crippen LogP contribution in [0.2, 0.25) is 0 Å². The second-order valence-electron chi connectivity index (χ2n) is 3.91. The van der Waals surface area contributed by atoms with Crippen molar-refractivity contribution in [3.05, 3.63) is 5.82 Å². The molecule has 0 aliphatic heterocycles. The molecule has 1 aromatic heterocycles. The number of aromatic nitrogens is 2. The molecule has 1 aromatic rings. The monoisotopic (exact) mass is 282 g/mol. The lowest BCUT2D eigenvalue weighted by Crippen LogP contribution is -2.18. The van der Waals surface area contributed by atoms with Gasteiger partial charge in [-0.05, 0) is 24.9 Å². The first-order chi connectivity index (χ1) is 7.39. The molecule has 0 bridgehead atoms. The van der Waals surface area contributed by atoms with Crippen LogP contribution in [0.4, 0.5) is 0 Å². The van der Waals surface area contributed by atoms with Gasteiger partial charge in [-0.1, -0.05) is 13.8 Å². The Morgan fingerprint density at radius 1 is 1.38 bits per heavy atom. The highest BCUT2D eigenvalue weighted by atomic mass is 35.5. The summed E-state index contributed by atoms with van der Waals surface area (Å²) in [5.41, 5.74) is 0. The average Bonchev–Trinajstić information content (AvgIpc) is 2.67. The van der Waals surface area contributed by atoms with Gasteiger partial charge in [0.05, 0.1) is 5.25 Å². The highest BCUT2D eigenvalue weighted by Gasteiger charge is 2.27. The molecule has 1 unspecified atom stereocenters. The Bertz CT molecular complexity index is 442. The van der Waals surface area contributed by atoms with E-state index in [2.05, 4.69) is 9.36 Å². The molecule has 92 valence electrons. The molecule has 0 aromatic carbocycles. The molecular formula is C9H15ClN2O2S2. The maximum absolute atomic E-state index is 12.0. The van der Waals surface area contributed by atoms with Gasteiger partial charge in [0.2, 0.25) is 14.2 Å². The molecule has 1 heterocycles. The summed E-state index contributed by atoms with van der Waals surface area (Å²) in [4.78, 5) is 4.06. The third kappa shape index (κ3) is 2.93. The van der Waals surface area contributed by atoms with Crippen molar-refractivity contribution in [3.63, 3.8) is 0 Å². The van der Waals surface area contributed by atoms with E-state index in [4.69, 9.17) is 11.6 Å². The minimum atomic E-state index is -3.35. The number of alkyl halides is 1. The Hall–Kier alpha value is -0.200. The van der Waals surface area contributed by atoms with Gasteiger partial charge in [0.25, 0.3) is 0 Å². The zero-order valence-corrected chi connectivity index (χ0v) is 11.9. The van der Waals surface area contributed by atoms with Gasteiger partial charge in [0.15, 0.2) is 0 Å². The Kier molecular flexibility index (Phi) is 4.70. The number of sulfone groups is 1. The largest absolute Gasteiger partial charge is 0.229 e. The van der Waals surface area contributed by atoms with Crippen LogP contribution < -0.4 is 0 Å². The third-order valence-corrected chi connectivity index (χ3v) is 5.77. The van der Waals surface area contributed by atoms with Crippen molar-refractivity contribution < 1.29 is 8.42 Å². The summed E-state index contributed by atoms with van der Waals surface area (Å²) in [5.74, 6) is 1.06. The van der Waals surface area contributed by atoms with Gasteiger partial charge in [0, 0.05) is 11.8 Å². The fourth-order valence-electron chi connectivity index (χ4n) is 1.05. The van der Waals surface area contributed by atoms with Crippen molar-refractivity contribution in [2.24, 2.45) is 0 Å². The van der Waals surface area contributed by atoms with Crippen molar-refractivity contribution in [2.75, 3.05) is 5.88 Å². The number of nitrogens with zero attached hydrogens (tertiary/aromatic N) is 2. The highest BCUT2D eigenvalue weighted by Crippen LogP contribution is 2.22. The molecule has 1 atom stereocenters. The van der Waals surface area contributed by atoms with E-state index in [1.54, 1.807) is 6.92 Å². The molecule has 7 heteroatoms. The van der Waals surface area contributed by atoms with Crippen LogP contribution in [0.15, 0.2) is 4.34 Å². The summed E-state index contributed by atoms with van der Waals surface area (Å²) >= 11 is 6.50. The quantitative estimate of drug-likeness (QED) is 0.779. The first-order valence-corrected chi connectivity index (χ1v) is 7.88. The summed E-state index contributed by atoms with van der Waals surface area (Å²) in [6.45, 7) is 5.51. The van der Waals surface area contributed by atoms with E-state index in [0.29, 0.717) is 18.1 Å². The lowest BCUT2D eigenvalue weighted by Gasteiger charge is -2.07. The van der Waals surface area contributed by atoms with E-state index in [0.717, 1.165) is 11.5 Å². The van der Waals surface area contributed by atoms with Crippen molar-refractivity contribution in [1.29, 1.82) is 0 Å². The molecule has 0 N–H and O–H groups in total. The molecule has 0 radical (unpaired) electrons. The Labute approximate surface area is 105 Å². The smallest absolute Gasteiger partial charge is 0.221 e. The van der Waals surface area contributed by atoms with E-state index in [-0.39, 0.29) is 10.3 Å². The summed E-state index contributed by atoms with van der Waals surface area (Å²) in [7, 11) is -3.35. The summed E-state index contributed by atoms with van der Waals surface area (Å²) in [6.07, 6.45) is 0.431. The maximum Gasteiger partial charge on any atom is 0.229 e. The van der Waals surface area contributed by atoms with Crippen LogP contribution in [0.3, 0.4) is 0 Å². The normalized spacial score (nSPS) is 14.3. The predicted molar refractivity (Wildman–Crippen MR) is 66.0 cm³/mol. The standard InChI is InChI=1S/C9H15ClN2O2S2/c1-6(2)8-11-9(15-12-8)16(13,14)7(3)4-5-10/h6-7H,4-5H2,1-3H3. The first-order valence-electron chi connectivity index (χ1n) is 5.03. The van der Waals surface area contributed by atoms with Gasteiger partial charge in [-0.2, -0.15) is 4.37 Å². The van der Waals surface area contributed by atoms with Gasteiger partial charge in [0.1, 0.15) is 5.82 Å². The Balaban J connectivity index is 2.98. The SMILES string of the molecule is CC(C)c1nsc(S(=O)(=O)C(C)CCCl)n1. The van der Waals surface area contributed by atoms with E-state index in [9.17, 15) is 8.42 Å². The molecule has 1 rings (SSSR count). The number of hydrogen-bond donors (Lipinski definition) is 0. The lowest BCUT2D eigenvalue weighted by atomic mass is 10.2. The van der Waals surface area contributed by atoms with E-state index < -0.39 is 15.1 Å². The van der Waals surface area contributed by atoms with Crippen LogP contribution in [0.1, 0.15) is 38.9 Å². The fraction of sp³-hybridized carbons (Fsp3) is 0.778. The molecule has 0 fully saturated rings. The highest BCUT2D eigenvalue weighted by molar-refractivity contribution is 7.93. The van der Waals surface area contributed by atoms with Crippen molar-refractivity contribution in [2.45, 2.75) is 42.7 Å². The predicted octanol–water partition coefficient (Wildman–Crippen LogP) is 2.45. The van der Waals surface area contributed by atoms with E-state index in [1.807, 2.05) is 13.8 Å². The second-order valence-corrected chi connectivity index (χ2v) is 7.58. The van der Waals surface area contributed by atoms with Gasteiger partial charge in [-0.3, -0.25) is 0 Å². The second kappa shape index (κ2) is 5.42. The molecule has 0 aliphatic carbocycles. The van der Waals surface area contributed by atoms with E-state index in [1.165, 1.54) is 0 Å². The Morgan fingerprint density at radius 3 is 2.44 bits per heavy atom. The van der Waals surface area contributed by atoms with E-state index >= 15 is 0 Å². The minimum absolute atomic E-state index is 0.105. The van der Waals surface area contributed by atoms with Crippen molar-refractivity contribution >= 4 is 33.0 Å². The molecule has 0 saturated heterocycles. The molecule has 4 nitrogen and oxygen atoms in total. The molecule has 0 amide bonds. The van der Waals surface area contributed by atoms with Crippen LogP contribution in [0.25, 0.3) is 0 Å². The number of hydrogen-bond acceptors (Lipinski definition) is 5. The molecule has 16 heavy (non-hydrogen) atoms. The molecular weight excluding hydrogens is 268 g/mol. The molecule has 0 aliphatic rings. The molecule has 0 saturated carbocycles. The van der Waals surface area contributed by atoms with Crippen molar-refractivity contribution in [1.82, 2.24) is 9.36 Å². The van der Waals surface area contributed by atoms with Crippen molar-refractivity contribution in [3.8, 4) is 0 Å². The minimum Gasteiger partial charge on any atom is -0.221 e. The molecule has 0 spiro atoms. The summed E-state index contributed by atoms with van der Waals surface area (Å²) < 4.78 is 28.2. The summed E-state index contributed by atoms with van der Waals surface area (Å²) in [6, 6.07) is 0. The summed E-state index contributed by atoms with van der Waals surface area (Å²) in [5, 5.41) is -0.502. The maximum atomic E-state index is 12.0. The van der Waals surface area contributed by atoms with Gasteiger partial charge >= 0.3 is 0 Å². The third-order valence-electron chi connectivity index (χ3n) is 2.23. The van der Waals surface area contributed by atoms with Gasteiger partial charge in [-0.15, -0.1) is 11.6 Å². The van der Waals surface area contributed by atoms with Crippen LogP contribution in [-0.4, -0.2) is 28.9 Å². The number of rotatable bonds is 5. The van der Waals surface area contributed by atoms with Crippen LogP contribution in [0, 0.1) is 0 Å². The average molecular weight is 283 g/mol. The zero-order chi connectivity index (χ0) is 12.3. The fourth-order valence-corrected chi connectivity index (χ4v) is 4.08. The van der Waals surface area contributed by atoms with Gasteiger partial charge < -0.3 is 0 Å². The van der Waals surface area contributed by atoms with Crippen LogP contribution >= 0.6 is 23.1 Å². The van der Waals surface area contributed by atoms with Crippen LogP contribution in [0.5, 0.6) is 0 Å². The first kappa shape index (κ1) is 13.9.